The van der Waals surface area contributed by atoms with Gasteiger partial charge in [0.05, 0.1) is 19.6 Å². The molecule has 31 heavy (non-hydrogen) atoms. The van der Waals surface area contributed by atoms with E-state index in [9.17, 15) is 17.3 Å². The molecule has 0 fully saturated rings. The third kappa shape index (κ3) is 6.61. The molecule has 0 bridgehead atoms. The lowest BCUT2D eigenvalue weighted by Crippen LogP contribution is -2.37. The van der Waals surface area contributed by atoms with Crippen LogP contribution in [0.1, 0.15) is 36.7 Å². The molecule has 0 unspecified atom stereocenters. The molecule has 3 nitrogen and oxygen atoms in total. The number of halogens is 4. The number of aryl methyl sites for hydroxylation is 3. The quantitative estimate of drug-likeness (QED) is 0.253. The Morgan fingerprint density at radius 3 is 2.03 bits per heavy atom. The van der Waals surface area contributed by atoms with E-state index >= 15 is 0 Å². The number of pyridine rings is 1. The Balaban J connectivity index is 0.000000614. The highest BCUT2D eigenvalue weighted by Crippen LogP contribution is 2.33. The predicted octanol–water partition coefficient (Wildman–Crippen LogP) is 6.39. The van der Waals surface area contributed by atoms with E-state index in [4.69, 9.17) is 9.47 Å². The highest BCUT2D eigenvalue weighted by Gasteiger charge is 2.22. The van der Waals surface area contributed by atoms with E-state index in [0.29, 0.717) is 0 Å². The Labute approximate surface area is 180 Å². The molecule has 0 aliphatic rings. The summed E-state index contributed by atoms with van der Waals surface area (Å²) in [5.74, 6) is 1.65. The molecular weight excluding hydrogens is 409 g/mol. The molecule has 0 atom stereocenters. The lowest BCUT2D eigenvalue weighted by Gasteiger charge is -2.12. The first kappa shape index (κ1) is 24.5. The fourth-order valence-electron chi connectivity index (χ4n) is 3.65. The van der Waals surface area contributed by atoms with Gasteiger partial charge in [0.1, 0.15) is 11.5 Å². The summed E-state index contributed by atoms with van der Waals surface area (Å²) in [5.41, 5.74) is 4.93. The zero-order chi connectivity index (χ0) is 23.2. The number of aromatic nitrogens is 1. The van der Waals surface area contributed by atoms with Crippen LogP contribution in [0.3, 0.4) is 0 Å². The van der Waals surface area contributed by atoms with Crippen LogP contribution >= 0.6 is 0 Å². The van der Waals surface area contributed by atoms with Crippen LogP contribution in [0.25, 0.3) is 16.5 Å². The van der Waals surface area contributed by atoms with Gasteiger partial charge in [0.25, 0.3) is 0 Å². The summed E-state index contributed by atoms with van der Waals surface area (Å²) >= 11 is 0. The SMILES string of the molecule is CCCCc1ccc(-[n+]2c(C)cc3cc(OC)cc(OC)c3c2C)cc1.F[B-](F)(F)F. The Hall–Kier alpha value is -2.77. The number of unbranched alkanes of at least 4 members (excludes halogenated alkanes) is 1. The van der Waals surface area contributed by atoms with E-state index in [1.807, 2.05) is 6.07 Å². The van der Waals surface area contributed by atoms with Crippen LogP contribution in [-0.2, 0) is 6.42 Å². The van der Waals surface area contributed by atoms with Crippen molar-refractivity contribution in [2.75, 3.05) is 14.2 Å². The second kappa shape index (κ2) is 10.5. The normalized spacial score (nSPS) is 11.1. The van der Waals surface area contributed by atoms with E-state index in [2.05, 4.69) is 61.7 Å². The summed E-state index contributed by atoms with van der Waals surface area (Å²) in [6, 6.07) is 15.1. The minimum Gasteiger partial charge on any atom is -0.497 e. The Morgan fingerprint density at radius 1 is 0.903 bits per heavy atom. The Bertz CT molecular complexity index is 1010. The van der Waals surface area contributed by atoms with Gasteiger partial charge >= 0.3 is 7.25 Å². The van der Waals surface area contributed by atoms with Crippen molar-refractivity contribution in [2.45, 2.75) is 40.0 Å². The summed E-state index contributed by atoms with van der Waals surface area (Å²) in [6.07, 6.45) is 3.60. The summed E-state index contributed by atoms with van der Waals surface area (Å²) in [7, 11) is -2.61. The van der Waals surface area contributed by atoms with Gasteiger partial charge < -0.3 is 26.7 Å². The van der Waals surface area contributed by atoms with Gasteiger partial charge in [0.15, 0.2) is 11.4 Å². The lowest BCUT2D eigenvalue weighted by atomic mass is 10.0. The second-order valence-corrected chi connectivity index (χ2v) is 7.27. The summed E-state index contributed by atoms with van der Waals surface area (Å²) in [6.45, 7) is 6.52. The number of nitrogens with zero attached hydrogens (tertiary/aromatic N) is 1. The third-order valence-corrected chi connectivity index (χ3v) is 4.99. The lowest BCUT2D eigenvalue weighted by molar-refractivity contribution is -0.607. The molecule has 0 aliphatic carbocycles. The maximum Gasteiger partial charge on any atom is 0.673 e. The average molecular weight is 437 g/mol. The molecule has 2 aromatic carbocycles. The zero-order valence-electron chi connectivity index (χ0n) is 18.5. The number of hydrogen-bond acceptors (Lipinski definition) is 2. The number of ether oxygens (including phenoxy) is 2. The smallest absolute Gasteiger partial charge is 0.497 e. The molecule has 1 heterocycles. The molecule has 1 aromatic heterocycles. The van der Waals surface area contributed by atoms with Crippen LogP contribution in [0.5, 0.6) is 11.5 Å². The number of fused-ring (bicyclic) bond motifs is 1. The fraction of sp³-hybridized carbons (Fsp3) is 0.348. The standard InChI is InChI=1S/C23H28NO2.BF4/c1-6-7-8-18-9-11-20(12-10-18)24-16(2)13-19-14-21(25-4)15-22(26-5)23(19)17(24)3;2-1(3,4)5/h9-15H,6-8H2,1-5H3;/q+1;-1. The van der Waals surface area contributed by atoms with E-state index in [1.54, 1.807) is 14.2 Å². The van der Waals surface area contributed by atoms with Crippen molar-refractivity contribution in [2.24, 2.45) is 0 Å². The van der Waals surface area contributed by atoms with Crippen molar-refractivity contribution in [3.05, 3.63) is 59.4 Å². The highest BCUT2D eigenvalue weighted by atomic mass is 19.5. The molecule has 8 heteroatoms. The van der Waals surface area contributed by atoms with E-state index in [1.165, 1.54) is 35.5 Å². The molecule has 3 rings (SSSR count). The molecule has 0 spiro atoms. The predicted molar refractivity (Wildman–Crippen MR) is 117 cm³/mol. The van der Waals surface area contributed by atoms with Gasteiger partial charge in [-0.2, -0.15) is 4.57 Å². The van der Waals surface area contributed by atoms with Gasteiger partial charge in [-0.3, -0.25) is 0 Å². The molecule has 3 aromatic rings. The summed E-state index contributed by atoms with van der Waals surface area (Å²) in [4.78, 5) is 0. The largest absolute Gasteiger partial charge is 0.673 e. The Kier molecular flexibility index (Phi) is 8.31. The molecule has 0 saturated carbocycles. The number of rotatable bonds is 6. The second-order valence-electron chi connectivity index (χ2n) is 7.27. The maximum absolute atomic E-state index is 9.75. The van der Waals surface area contributed by atoms with E-state index < -0.39 is 7.25 Å². The van der Waals surface area contributed by atoms with Gasteiger partial charge in [0.2, 0.25) is 5.69 Å². The van der Waals surface area contributed by atoms with Crippen molar-refractivity contribution in [1.82, 2.24) is 0 Å². The maximum atomic E-state index is 9.75. The minimum atomic E-state index is -6.00. The van der Waals surface area contributed by atoms with Crippen molar-refractivity contribution in [3.8, 4) is 17.2 Å². The van der Waals surface area contributed by atoms with E-state index in [0.717, 1.165) is 28.7 Å². The fourth-order valence-corrected chi connectivity index (χ4v) is 3.65. The molecular formula is C23H28BF4NO2. The first-order chi connectivity index (χ1) is 14.6. The van der Waals surface area contributed by atoms with Crippen molar-refractivity contribution >= 4 is 18.0 Å². The van der Waals surface area contributed by atoms with Crippen LogP contribution < -0.4 is 14.0 Å². The van der Waals surface area contributed by atoms with Crippen LogP contribution in [0.2, 0.25) is 0 Å². The molecule has 0 radical (unpaired) electrons. The van der Waals surface area contributed by atoms with Crippen LogP contribution in [-0.4, -0.2) is 21.5 Å². The van der Waals surface area contributed by atoms with Gasteiger partial charge in [-0.05, 0) is 24.5 Å². The molecule has 168 valence electrons. The molecule has 0 saturated heterocycles. The van der Waals surface area contributed by atoms with E-state index in [-0.39, 0.29) is 0 Å². The van der Waals surface area contributed by atoms with Gasteiger partial charge in [-0.25, -0.2) is 0 Å². The monoisotopic (exact) mass is 437 g/mol. The number of benzene rings is 2. The average Bonchev–Trinajstić information content (AvgIpc) is 2.70. The molecule has 0 N–H and O–H groups in total. The van der Waals surface area contributed by atoms with Gasteiger partial charge in [0, 0.05) is 43.5 Å². The Morgan fingerprint density at radius 2 is 1.52 bits per heavy atom. The van der Waals surface area contributed by atoms with Gasteiger partial charge in [-0.1, -0.05) is 25.5 Å². The number of methoxy groups -OCH3 is 2. The van der Waals surface area contributed by atoms with Gasteiger partial charge in [-0.15, -0.1) is 0 Å². The van der Waals surface area contributed by atoms with Crippen LogP contribution in [0.15, 0.2) is 42.5 Å². The van der Waals surface area contributed by atoms with Crippen LogP contribution in [0, 0.1) is 13.8 Å². The first-order valence-electron chi connectivity index (χ1n) is 10.1. The van der Waals surface area contributed by atoms with Crippen molar-refractivity contribution in [1.29, 1.82) is 0 Å². The van der Waals surface area contributed by atoms with Crippen LogP contribution in [0.4, 0.5) is 17.3 Å². The minimum absolute atomic E-state index is 0.811. The van der Waals surface area contributed by atoms with Crippen molar-refractivity contribution < 1.29 is 31.3 Å². The third-order valence-electron chi connectivity index (χ3n) is 4.99. The first-order valence-corrected chi connectivity index (χ1v) is 10.1. The molecule has 0 aliphatic heterocycles. The molecule has 0 amide bonds. The number of hydrogen-bond donors (Lipinski definition) is 0. The topological polar surface area (TPSA) is 22.3 Å². The zero-order valence-corrected chi connectivity index (χ0v) is 18.5. The highest BCUT2D eigenvalue weighted by molar-refractivity contribution is 6.50. The summed E-state index contributed by atoms with van der Waals surface area (Å²) < 4.78 is 52.4. The van der Waals surface area contributed by atoms with Crippen molar-refractivity contribution in [3.63, 3.8) is 0 Å². The summed E-state index contributed by atoms with van der Waals surface area (Å²) in [5, 5.41) is 2.25.